The number of benzene rings is 1. The molecule has 3 rings (SSSR count). The third kappa shape index (κ3) is 2.46. The Morgan fingerprint density at radius 3 is 2.50 bits per heavy atom. The molecule has 2 N–H and O–H groups in total. The number of rotatable bonds is 3. The van der Waals surface area contributed by atoms with Crippen LogP contribution in [-0.4, -0.2) is 16.6 Å². The van der Waals surface area contributed by atoms with E-state index in [9.17, 15) is 9.59 Å². The van der Waals surface area contributed by atoms with E-state index in [1.165, 1.54) is 5.56 Å². The van der Waals surface area contributed by atoms with E-state index in [0.29, 0.717) is 0 Å². The molecule has 0 bridgehead atoms. The molecule has 20 heavy (non-hydrogen) atoms. The van der Waals surface area contributed by atoms with E-state index < -0.39 is 0 Å². The summed E-state index contributed by atoms with van der Waals surface area (Å²) >= 11 is 3.42. The van der Waals surface area contributed by atoms with Gasteiger partial charge in [-0.1, -0.05) is 46.3 Å². The SMILES string of the molecule is C[C@]1(C(=O)NNC(=O)[C@@H]2C[C@H]2c2ccccc2)C[C@@H]1Br. The standard InChI is InChI=1S/C15H17BrN2O2/c1-15(8-12(15)16)14(20)18-17-13(19)11-7-10(11)9-5-3-2-4-6-9/h2-6,10-12H,7-8H2,1H3,(H,17,19)(H,18,20)/t10-,11+,12-,15-/m0/s1. The molecule has 0 unspecified atom stereocenters. The maximum atomic E-state index is 12.0. The van der Waals surface area contributed by atoms with Gasteiger partial charge in [0.25, 0.3) is 0 Å². The molecule has 2 saturated carbocycles. The van der Waals surface area contributed by atoms with Crippen LogP contribution >= 0.6 is 15.9 Å². The summed E-state index contributed by atoms with van der Waals surface area (Å²) in [5.74, 6) is 0.0465. The van der Waals surface area contributed by atoms with Crippen LogP contribution in [0.5, 0.6) is 0 Å². The molecule has 1 aromatic carbocycles. The second-order valence-corrected chi connectivity index (χ2v) is 7.00. The molecule has 2 aliphatic carbocycles. The van der Waals surface area contributed by atoms with Crippen molar-refractivity contribution in [3.8, 4) is 0 Å². The van der Waals surface area contributed by atoms with Gasteiger partial charge in [0.15, 0.2) is 0 Å². The van der Waals surface area contributed by atoms with Gasteiger partial charge in [0.05, 0.1) is 5.41 Å². The molecule has 0 aliphatic heterocycles. The van der Waals surface area contributed by atoms with Crippen LogP contribution in [0.3, 0.4) is 0 Å². The van der Waals surface area contributed by atoms with Crippen LogP contribution in [0.4, 0.5) is 0 Å². The maximum absolute atomic E-state index is 12.0. The Balaban J connectivity index is 1.49. The summed E-state index contributed by atoms with van der Waals surface area (Å²) in [6.45, 7) is 1.89. The highest BCUT2D eigenvalue weighted by molar-refractivity contribution is 9.09. The number of hydrogen-bond acceptors (Lipinski definition) is 2. The minimum absolute atomic E-state index is 0.0236. The average Bonchev–Trinajstić information content (AvgIpc) is 3.35. The van der Waals surface area contributed by atoms with E-state index >= 15 is 0 Å². The zero-order valence-electron chi connectivity index (χ0n) is 11.2. The lowest BCUT2D eigenvalue weighted by Gasteiger charge is -2.11. The van der Waals surface area contributed by atoms with Crippen LogP contribution in [0.25, 0.3) is 0 Å². The van der Waals surface area contributed by atoms with E-state index in [2.05, 4.69) is 26.8 Å². The molecule has 0 heterocycles. The van der Waals surface area contributed by atoms with E-state index in [1.807, 2.05) is 37.3 Å². The van der Waals surface area contributed by atoms with Crippen LogP contribution in [0.2, 0.25) is 0 Å². The molecule has 4 nitrogen and oxygen atoms in total. The molecule has 0 spiro atoms. The fourth-order valence-electron chi connectivity index (χ4n) is 2.46. The average molecular weight is 337 g/mol. The summed E-state index contributed by atoms with van der Waals surface area (Å²) in [4.78, 5) is 24.1. The molecule has 0 saturated heterocycles. The fraction of sp³-hybridized carbons (Fsp3) is 0.467. The molecule has 106 valence electrons. The summed E-state index contributed by atoms with van der Waals surface area (Å²) in [5.41, 5.74) is 5.90. The van der Waals surface area contributed by atoms with Crippen molar-refractivity contribution in [3.63, 3.8) is 0 Å². The smallest absolute Gasteiger partial charge is 0.245 e. The number of hydrogen-bond donors (Lipinski definition) is 2. The second kappa shape index (κ2) is 4.88. The van der Waals surface area contributed by atoms with Gasteiger partial charge >= 0.3 is 0 Å². The van der Waals surface area contributed by atoms with Crippen LogP contribution in [-0.2, 0) is 9.59 Å². The highest BCUT2D eigenvalue weighted by Crippen LogP contribution is 2.51. The summed E-state index contributed by atoms with van der Waals surface area (Å²) in [7, 11) is 0. The lowest BCUT2D eigenvalue weighted by atomic mass is 10.1. The Morgan fingerprint density at radius 2 is 1.90 bits per heavy atom. The number of hydrazine groups is 1. The summed E-state index contributed by atoms with van der Waals surface area (Å²) < 4.78 is 0. The van der Waals surface area contributed by atoms with Crippen LogP contribution in [0.1, 0.15) is 31.2 Å². The molecule has 2 amide bonds. The highest BCUT2D eigenvalue weighted by atomic mass is 79.9. The topological polar surface area (TPSA) is 58.2 Å². The van der Waals surface area contributed by atoms with Crippen LogP contribution < -0.4 is 10.9 Å². The molecule has 2 fully saturated rings. The van der Waals surface area contributed by atoms with Crippen molar-refractivity contribution in [1.29, 1.82) is 0 Å². The van der Waals surface area contributed by atoms with E-state index in [1.54, 1.807) is 0 Å². The van der Waals surface area contributed by atoms with Crippen molar-refractivity contribution in [2.24, 2.45) is 11.3 Å². The first-order valence-corrected chi connectivity index (χ1v) is 7.73. The monoisotopic (exact) mass is 336 g/mol. The van der Waals surface area contributed by atoms with E-state index in [4.69, 9.17) is 0 Å². The lowest BCUT2D eigenvalue weighted by molar-refractivity contribution is -0.132. The van der Waals surface area contributed by atoms with Gasteiger partial charge in [-0.15, -0.1) is 0 Å². The molecular weight excluding hydrogens is 320 g/mol. The molecular formula is C15H17BrN2O2. The van der Waals surface area contributed by atoms with Gasteiger partial charge in [0.2, 0.25) is 11.8 Å². The minimum atomic E-state index is -0.379. The zero-order valence-corrected chi connectivity index (χ0v) is 12.8. The molecule has 2 aliphatic rings. The highest BCUT2D eigenvalue weighted by Gasteiger charge is 2.55. The first kappa shape index (κ1) is 13.6. The summed E-state index contributed by atoms with van der Waals surface area (Å²) in [5, 5.41) is 0. The third-order valence-electron chi connectivity index (χ3n) is 4.31. The Morgan fingerprint density at radius 1 is 1.25 bits per heavy atom. The first-order chi connectivity index (χ1) is 9.52. The van der Waals surface area contributed by atoms with Crippen LogP contribution in [0.15, 0.2) is 30.3 Å². The fourth-order valence-corrected chi connectivity index (χ4v) is 3.34. The van der Waals surface area contributed by atoms with Crippen molar-refractivity contribution in [1.82, 2.24) is 10.9 Å². The quantitative estimate of drug-likeness (QED) is 0.656. The van der Waals surface area contributed by atoms with Gasteiger partial charge in [-0.05, 0) is 31.2 Å². The molecule has 0 aromatic heterocycles. The van der Waals surface area contributed by atoms with Crippen molar-refractivity contribution in [2.45, 2.75) is 30.5 Å². The Kier molecular flexibility index (Phi) is 3.32. The zero-order chi connectivity index (χ0) is 14.3. The Bertz CT molecular complexity index is 548. The number of carbonyl (C=O) groups excluding carboxylic acids is 2. The van der Waals surface area contributed by atoms with Crippen molar-refractivity contribution in [3.05, 3.63) is 35.9 Å². The predicted molar refractivity (Wildman–Crippen MR) is 79.0 cm³/mol. The maximum Gasteiger partial charge on any atom is 0.245 e. The summed E-state index contributed by atoms with van der Waals surface area (Å²) in [6, 6.07) is 10.0. The largest absolute Gasteiger partial charge is 0.273 e. The Hall–Kier alpha value is -1.36. The van der Waals surface area contributed by atoms with Gasteiger partial charge in [0.1, 0.15) is 0 Å². The van der Waals surface area contributed by atoms with Crippen molar-refractivity contribution < 1.29 is 9.59 Å². The number of carbonyl (C=O) groups is 2. The molecule has 5 heteroatoms. The Labute approximate surface area is 126 Å². The van der Waals surface area contributed by atoms with Crippen molar-refractivity contribution in [2.75, 3.05) is 0 Å². The molecule has 4 atom stereocenters. The number of alkyl halides is 1. The van der Waals surface area contributed by atoms with Gasteiger partial charge in [0, 0.05) is 10.7 Å². The normalized spacial score (nSPS) is 34.2. The number of nitrogens with one attached hydrogen (secondary N) is 2. The number of amides is 2. The first-order valence-electron chi connectivity index (χ1n) is 6.81. The van der Waals surface area contributed by atoms with Gasteiger partial charge in [-0.25, -0.2) is 0 Å². The van der Waals surface area contributed by atoms with E-state index in [0.717, 1.165) is 12.8 Å². The molecule has 1 aromatic rings. The van der Waals surface area contributed by atoms with Crippen molar-refractivity contribution >= 4 is 27.7 Å². The van der Waals surface area contributed by atoms with E-state index in [-0.39, 0.29) is 33.9 Å². The van der Waals surface area contributed by atoms with Crippen LogP contribution in [0, 0.1) is 11.3 Å². The second-order valence-electron chi connectivity index (χ2n) is 5.89. The minimum Gasteiger partial charge on any atom is -0.273 e. The predicted octanol–water partition coefficient (Wildman–Crippen LogP) is 2.11. The molecule has 0 radical (unpaired) electrons. The number of halogens is 1. The van der Waals surface area contributed by atoms with Gasteiger partial charge in [-0.3, -0.25) is 20.4 Å². The van der Waals surface area contributed by atoms with Gasteiger partial charge in [-0.2, -0.15) is 0 Å². The lowest BCUT2D eigenvalue weighted by Crippen LogP contribution is -2.46. The van der Waals surface area contributed by atoms with Gasteiger partial charge < -0.3 is 0 Å². The summed E-state index contributed by atoms with van der Waals surface area (Å²) in [6.07, 6.45) is 1.66. The third-order valence-corrected chi connectivity index (χ3v) is 5.64.